The number of nitrogens with zero attached hydrogens (tertiary/aromatic N) is 2. The molecule has 0 saturated carbocycles. The van der Waals surface area contributed by atoms with Crippen molar-refractivity contribution in [3.8, 4) is 11.3 Å². The zero-order valence-electron chi connectivity index (χ0n) is 12.0. The summed E-state index contributed by atoms with van der Waals surface area (Å²) in [5.41, 5.74) is 3.26. The van der Waals surface area contributed by atoms with Crippen molar-refractivity contribution in [3.05, 3.63) is 39.5 Å². The van der Waals surface area contributed by atoms with E-state index in [0.29, 0.717) is 6.04 Å². The first kappa shape index (κ1) is 13.4. The number of hydrogen-bond donors (Lipinski definition) is 1. The average molecular weight is 303 g/mol. The van der Waals surface area contributed by atoms with Crippen LogP contribution in [0.1, 0.15) is 28.4 Å². The highest BCUT2D eigenvalue weighted by molar-refractivity contribution is 7.12. The Hall–Kier alpha value is -1.30. The number of piperazine rings is 1. The number of aromatic nitrogens is 1. The third-order valence-electron chi connectivity index (χ3n) is 4.44. The van der Waals surface area contributed by atoms with Gasteiger partial charge in [-0.1, -0.05) is 0 Å². The molecule has 0 bridgehead atoms. The number of fused-ring (bicyclic) bond motifs is 3. The van der Waals surface area contributed by atoms with Gasteiger partial charge in [-0.2, -0.15) is 0 Å². The summed E-state index contributed by atoms with van der Waals surface area (Å²) < 4.78 is 13.3. The number of hydrogen-bond acceptors (Lipinski definition) is 4. The zero-order chi connectivity index (χ0) is 14.4. The van der Waals surface area contributed by atoms with E-state index in [1.54, 1.807) is 17.4 Å². The Bertz CT molecular complexity index is 676. The molecule has 4 rings (SSSR count). The Balaban J connectivity index is 1.63. The van der Waals surface area contributed by atoms with Crippen molar-refractivity contribution in [2.75, 3.05) is 26.2 Å². The lowest BCUT2D eigenvalue weighted by Crippen LogP contribution is -2.44. The summed E-state index contributed by atoms with van der Waals surface area (Å²) in [6.07, 6.45) is 0.828. The van der Waals surface area contributed by atoms with E-state index >= 15 is 0 Å². The Morgan fingerprint density at radius 1 is 1.33 bits per heavy atom. The molecule has 1 aliphatic heterocycles. The molecule has 0 amide bonds. The quantitative estimate of drug-likeness (QED) is 0.789. The van der Waals surface area contributed by atoms with Crippen LogP contribution < -0.4 is 5.32 Å². The Kier molecular flexibility index (Phi) is 3.28. The summed E-state index contributed by atoms with van der Waals surface area (Å²) in [7, 11) is 0. The fourth-order valence-electron chi connectivity index (χ4n) is 3.22. The van der Waals surface area contributed by atoms with Crippen LogP contribution in [-0.4, -0.2) is 36.1 Å². The molecule has 1 N–H and O–H groups in total. The molecule has 1 saturated heterocycles. The van der Waals surface area contributed by atoms with Gasteiger partial charge in [0.05, 0.1) is 11.7 Å². The van der Waals surface area contributed by atoms with Crippen molar-refractivity contribution in [1.82, 2.24) is 15.2 Å². The fourth-order valence-corrected chi connectivity index (χ4v) is 4.41. The van der Waals surface area contributed by atoms with Crippen molar-refractivity contribution in [2.24, 2.45) is 0 Å². The molecule has 1 atom stereocenters. The van der Waals surface area contributed by atoms with Crippen LogP contribution in [0.25, 0.3) is 11.3 Å². The molecule has 110 valence electrons. The first-order chi connectivity index (χ1) is 10.2. The Morgan fingerprint density at radius 2 is 2.14 bits per heavy atom. The zero-order valence-corrected chi connectivity index (χ0v) is 12.8. The van der Waals surface area contributed by atoms with Gasteiger partial charge in [0.1, 0.15) is 10.8 Å². The molecule has 0 spiro atoms. The van der Waals surface area contributed by atoms with E-state index in [2.05, 4.69) is 17.1 Å². The largest absolute Gasteiger partial charge is 0.314 e. The topological polar surface area (TPSA) is 28.2 Å². The summed E-state index contributed by atoms with van der Waals surface area (Å²) >= 11 is 1.79. The van der Waals surface area contributed by atoms with E-state index in [4.69, 9.17) is 4.98 Å². The SMILES string of the molecule is CC(c1nc2c(s1)Cc1cc(F)ccc1-2)N1CCNCC1. The minimum atomic E-state index is -0.154. The van der Waals surface area contributed by atoms with Gasteiger partial charge in [0.15, 0.2) is 0 Å². The van der Waals surface area contributed by atoms with Crippen LogP contribution in [0.4, 0.5) is 4.39 Å². The van der Waals surface area contributed by atoms with Gasteiger partial charge in [-0.05, 0) is 30.7 Å². The summed E-state index contributed by atoms with van der Waals surface area (Å²) in [5.74, 6) is -0.154. The highest BCUT2D eigenvalue weighted by Gasteiger charge is 2.27. The van der Waals surface area contributed by atoms with Crippen LogP contribution in [0.5, 0.6) is 0 Å². The minimum absolute atomic E-state index is 0.154. The molecule has 1 aromatic carbocycles. The summed E-state index contributed by atoms with van der Waals surface area (Å²) in [4.78, 5) is 8.64. The van der Waals surface area contributed by atoms with Gasteiger partial charge in [0.2, 0.25) is 0 Å². The molecule has 1 unspecified atom stereocenters. The van der Waals surface area contributed by atoms with E-state index < -0.39 is 0 Å². The predicted molar refractivity (Wildman–Crippen MR) is 83.2 cm³/mol. The normalized spacial score (nSPS) is 19.3. The minimum Gasteiger partial charge on any atom is -0.314 e. The number of thiazole rings is 1. The van der Waals surface area contributed by atoms with E-state index in [9.17, 15) is 4.39 Å². The van der Waals surface area contributed by atoms with Crippen LogP contribution in [0.2, 0.25) is 0 Å². The van der Waals surface area contributed by atoms with Gasteiger partial charge in [-0.15, -0.1) is 11.3 Å². The maximum atomic E-state index is 13.3. The standard InChI is InChI=1S/C16H18FN3S/c1-10(20-6-4-18-5-7-20)16-19-15-13-3-2-12(17)8-11(13)9-14(15)21-16/h2-3,8,10,18H,4-7,9H2,1H3. The smallest absolute Gasteiger partial charge is 0.123 e. The van der Waals surface area contributed by atoms with Crippen LogP contribution >= 0.6 is 11.3 Å². The van der Waals surface area contributed by atoms with Crippen LogP contribution in [0, 0.1) is 5.82 Å². The van der Waals surface area contributed by atoms with Crippen LogP contribution in [0.15, 0.2) is 18.2 Å². The second-order valence-electron chi connectivity index (χ2n) is 5.76. The number of halogens is 1. The maximum absolute atomic E-state index is 13.3. The molecule has 1 fully saturated rings. The molecular weight excluding hydrogens is 285 g/mol. The molecule has 2 heterocycles. The van der Waals surface area contributed by atoms with Crippen molar-refractivity contribution < 1.29 is 4.39 Å². The molecule has 1 aliphatic carbocycles. The van der Waals surface area contributed by atoms with E-state index in [0.717, 1.165) is 49.4 Å². The Labute approximate surface area is 127 Å². The lowest BCUT2D eigenvalue weighted by atomic mass is 10.1. The van der Waals surface area contributed by atoms with Crippen molar-refractivity contribution >= 4 is 11.3 Å². The van der Waals surface area contributed by atoms with Gasteiger partial charge in [-0.3, -0.25) is 4.90 Å². The monoisotopic (exact) mass is 303 g/mol. The molecule has 2 aliphatic rings. The highest BCUT2D eigenvalue weighted by Crippen LogP contribution is 2.41. The molecule has 1 aromatic heterocycles. The number of nitrogens with one attached hydrogen (secondary N) is 1. The van der Waals surface area contributed by atoms with Crippen LogP contribution in [-0.2, 0) is 6.42 Å². The van der Waals surface area contributed by atoms with Crippen LogP contribution in [0.3, 0.4) is 0 Å². The second kappa shape index (κ2) is 5.16. The van der Waals surface area contributed by atoms with Gasteiger partial charge < -0.3 is 5.32 Å². The van der Waals surface area contributed by atoms with Gasteiger partial charge in [0, 0.05) is 43.0 Å². The molecule has 0 radical (unpaired) electrons. The summed E-state index contributed by atoms with van der Waals surface area (Å²) in [6, 6.07) is 5.41. The first-order valence-corrected chi connectivity index (χ1v) is 8.27. The third kappa shape index (κ3) is 2.29. The van der Waals surface area contributed by atoms with Crippen molar-refractivity contribution in [1.29, 1.82) is 0 Å². The van der Waals surface area contributed by atoms with Crippen molar-refractivity contribution in [3.63, 3.8) is 0 Å². The molecule has 3 nitrogen and oxygen atoms in total. The maximum Gasteiger partial charge on any atom is 0.123 e. The highest BCUT2D eigenvalue weighted by atomic mass is 32.1. The second-order valence-corrected chi connectivity index (χ2v) is 6.88. The first-order valence-electron chi connectivity index (χ1n) is 7.45. The number of rotatable bonds is 2. The summed E-state index contributed by atoms with van der Waals surface area (Å²) in [6.45, 7) is 6.50. The van der Waals surface area contributed by atoms with E-state index in [1.165, 1.54) is 16.0 Å². The van der Waals surface area contributed by atoms with E-state index in [-0.39, 0.29) is 5.82 Å². The van der Waals surface area contributed by atoms with E-state index in [1.807, 2.05) is 6.07 Å². The molecule has 2 aromatic rings. The van der Waals surface area contributed by atoms with Gasteiger partial charge >= 0.3 is 0 Å². The third-order valence-corrected chi connectivity index (χ3v) is 5.67. The average Bonchev–Trinajstić information content (AvgIpc) is 3.04. The Morgan fingerprint density at radius 3 is 2.95 bits per heavy atom. The number of benzene rings is 1. The molecular formula is C16H18FN3S. The van der Waals surface area contributed by atoms with Gasteiger partial charge in [-0.25, -0.2) is 9.37 Å². The summed E-state index contributed by atoms with van der Waals surface area (Å²) in [5, 5.41) is 4.58. The molecule has 5 heteroatoms. The molecule has 21 heavy (non-hydrogen) atoms. The lowest BCUT2D eigenvalue weighted by Gasteiger charge is -2.31. The predicted octanol–water partition coefficient (Wildman–Crippen LogP) is 2.82. The lowest BCUT2D eigenvalue weighted by molar-refractivity contribution is 0.185. The van der Waals surface area contributed by atoms with Crippen molar-refractivity contribution in [2.45, 2.75) is 19.4 Å². The fraction of sp³-hybridized carbons (Fsp3) is 0.438. The van der Waals surface area contributed by atoms with Gasteiger partial charge in [0.25, 0.3) is 0 Å².